The quantitative estimate of drug-likeness (QED) is 0.857. The van der Waals surface area contributed by atoms with E-state index in [9.17, 15) is 8.42 Å². The average Bonchev–Trinajstić information content (AvgIpc) is 2.84. The van der Waals surface area contributed by atoms with E-state index >= 15 is 0 Å². The molecular formula is C12H25ClN2O2S. The summed E-state index contributed by atoms with van der Waals surface area (Å²) in [6.45, 7) is 3.27. The summed E-state index contributed by atoms with van der Waals surface area (Å²) in [5, 5.41) is 0. The lowest BCUT2D eigenvalue weighted by Crippen LogP contribution is -2.35. The SMILES string of the molecule is CC(N)C1CCN(S(=O)(=O)CC2CCCC2)C1.Cl. The Balaban J connectivity index is 0.00000162. The molecule has 2 atom stereocenters. The Morgan fingerprint density at radius 2 is 1.89 bits per heavy atom. The number of nitrogens with two attached hydrogens (primary N) is 1. The summed E-state index contributed by atoms with van der Waals surface area (Å²) in [7, 11) is -3.03. The van der Waals surface area contributed by atoms with Gasteiger partial charge in [-0.3, -0.25) is 0 Å². The molecule has 0 aromatic heterocycles. The maximum Gasteiger partial charge on any atom is 0.214 e. The molecule has 1 saturated heterocycles. The van der Waals surface area contributed by atoms with Crippen LogP contribution in [0.2, 0.25) is 0 Å². The Bertz CT molecular complexity index is 353. The molecule has 108 valence electrons. The van der Waals surface area contributed by atoms with E-state index in [1.165, 1.54) is 12.8 Å². The molecule has 6 heteroatoms. The van der Waals surface area contributed by atoms with Gasteiger partial charge in [-0.15, -0.1) is 12.4 Å². The van der Waals surface area contributed by atoms with Gasteiger partial charge in [-0.2, -0.15) is 0 Å². The van der Waals surface area contributed by atoms with Crippen molar-refractivity contribution in [3.63, 3.8) is 0 Å². The number of nitrogens with zero attached hydrogens (tertiary/aromatic N) is 1. The summed E-state index contributed by atoms with van der Waals surface area (Å²) in [6, 6.07) is 0.0988. The van der Waals surface area contributed by atoms with Gasteiger partial charge in [-0.1, -0.05) is 12.8 Å². The second kappa shape index (κ2) is 6.55. The first kappa shape index (κ1) is 16.2. The van der Waals surface area contributed by atoms with Gasteiger partial charge >= 0.3 is 0 Å². The molecule has 2 fully saturated rings. The van der Waals surface area contributed by atoms with E-state index in [1.807, 2.05) is 6.92 Å². The average molecular weight is 297 g/mol. The maximum atomic E-state index is 12.2. The molecule has 1 aliphatic carbocycles. The Kier molecular flexibility index (Phi) is 5.90. The fourth-order valence-corrected chi connectivity index (χ4v) is 4.96. The van der Waals surface area contributed by atoms with Gasteiger partial charge in [-0.05, 0) is 38.0 Å². The van der Waals surface area contributed by atoms with Crippen molar-refractivity contribution in [1.29, 1.82) is 0 Å². The molecule has 1 saturated carbocycles. The zero-order valence-electron chi connectivity index (χ0n) is 11.0. The molecule has 2 N–H and O–H groups in total. The highest BCUT2D eigenvalue weighted by molar-refractivity contribution is 7.89. The van der Waals surface area contributed by atoms with Crippen LogP contribution in [0.5, 0.6) is 0 Å². The van der Waals surface area contributed by atoms with Crippen LogP contribution in [-0.4, -0.2) is 37.6 Å². The molecule has 2 unspecified atom stereocenters. The van der Waals surface area contributed by atoms with Crippen LogP contribution in [0.25, 0.3) is 0 Å². The Hall–Kier alpha value is 0.160. The van der Waals surface area contributed by atoms with Crippen LogP contribution in [0.3, 0.4) is 0 Å². The van der Waals surface area contributed by atoms with Crippen LogP contribution >= 0.6 is 12.4 Å². The number of hydrogen-bond acceptors (Lipinski definition) is 3. The minimum atomic E-state index is -3.03. The zero-order chi connectivity index (χ0) is 12.5. The number of rotatable bonds is 4. The molecule has 0 radical (unpaired) electrons. The molecule has 18 heavy (non-hydrogen) atoms. The Morgan fingerprint density at radius 1 is 1.28 bits per heavy atom. The molecule has 0 aromatic rings. The van der Waals surface area contributed by atoms with E-state index in [2.05, 4.69) is 0 Å². The summed E-state index contributed by atoms with van der Waals surface area (Å²) in [5.74, 6) is 1.10. The lowest BCUT2D eigenvalue weighted by atomic mass is 10.0. The van der Waals surface area contributed by atoms with E-state index in [1.54, 1.807) is 4.31 Å². The third-order valence-electron chi connectivity index (χ3n) is 4.25. The maximum absolute atomic E-state index is 12.2. The predicted octanol–water partition coefficient (Wildman–Crippen LogP) is 1.60. The topological polar surface area (TPSA) is 63.4 Å². The van der Waals surface area contributed by atoms with Crippen molar-refractivity contribution in [2.75, 3.05) is 18.8 Å². The van der Waals surface area contributed by atoms with Crippen LogP contribution in [0.15, 0.2) is 0 Å². The Labute approximate surface area is 117 Å². The minimum absolute atomic E-state index is 0. The van der Waals surface area contributed by atoms with Gasteiger partial charge in [-0.25, -0.2) is 12.7 Å². The molecule has 0 aromatic carbocycles. The summed E-state index contributed by atoms with van der Waals surface area (Å²) in [5.41, 5.74) is 5.85. The van der Waals surface area contributed by atoms with Crippen molar-refractivity contribution < 1.29 is 8.42 Å². The second-order valence-corrected chi connectivity index (χ2v) is 7.71. The van der Waals surface area contributed by atoms with Gasteiger partial charge in [0.1, 0.15) is 0 Å². The lowest BCUT2D eigenvalue weighted by molar-refractivity contribution is 0.423. The van der Waals surface area contributed by atoms with E-state index in [4.69, 9.17) is 5.73 Å². The third kappa shape index (κ3) is 3.83. The molecule has 1 aliphatic heterocycles. The molecule has 0 amide bonds. The normalized spacial score (nSPS) is 28.2. The lowest BCUT2D eigenvalue weighted by Gasteiger charge is -2.20. The van der Waals surface area contributed by atoms with Gasteiger partial charge in [0.2, 0.25) is 10.0 Å². The monoisotopic (exact) mass is 296 g/mol. The van der Waals surface area contributed by atoms with Gasteiger partial charge < -0.3 is 5.73 Å². The second-order valence-electron chi connectivity index (χ2n) is 5.69. The minimum Gasteiger partial charge on any atom is -0.328 e. The van der Waals surface area contributed by atoms with E-state index < -0.39 is 10.0 Å². The predicted molar refractivity (Wildman–Crippen MR) is 76.3 cm³/mol. The van der Waals surface area contributed by atoms with Crippen LogP contribution in [0.1, 0.15) is 39.0 Å². The van der Waals surface area contributed by atoms with Crippen molar-refractivity contribution in [2.24, 2.45) is 17.6 Å². The number of hydrogen-bond donors (Lipinski definition) is 1. The fraction of sp³-hybridized carbons (Fsp3) is 1.00. The summed E-state index contributed by atoms with van der Waals surface area (Å²) in [4.78, 5) is 0. The molecule has 2 aliphatic rings. The first-order valence-corrected chi connectivity index (χ1v) is 8.33. The summed E-state index contributed by atoms with van der Waals surface area (Å²) < 4.78 is 26.2. The first-order valence-electron chi connectivity index (χ1n) is 6.72. The van der Waals surface area contributed by atoms with Crippen molar-refractivity contribution in [3.05, 3.63) is 0 Å². The van der Waals surface area contributed by atoms with Crippen LogP contribution in [0.4, 0.5) is 0 Å². The smallest absolute Gasteiger partial charge is 0.214 e. The molecule has 4 nitrogen and oxygen atoms in total. The fourth-order valence-electron chi connectivity index (χ4n) is 3.02. The zero-order valence-corrected chi connectivity index (χ0v) is 12.7. The highest BCUT2D eigenvalue weighted by atomic mass is 35.5. The van der Waals surface area contributed by atoms with E-state index in [0.717, 1.165) is 19.3 Å². The molecule has 0 bridgehead atoms. The summed E-state index contributed by atoms with van der Waals surface area (Å²) in [6.07, 6.45) is 5.49. The highest BCUT2D eigenvalue weighted by Crippen LogP contribution is 2.29. The number of sulfonamides is 1. The molecule has 2 rings (SSSR count). The van der Waals surface area contributed by atoms with Crippen molar-refractivity contribution in [3.8, 4) is 0 Å². The molecular weight excluding hydrogens is 272 g/mol. The van der Waals surface area contributed by atoms with Gasteiger partial charge in [0, 0.05) is 19.1 Å². The van der Waals surface area contributed by atoms with Crippen molar-refractivity contribution in [1.82, 2.24) is 4.31 Å². The highest BCUT2D eigenvalue weighted by Gasteiger charge is 2.34. The van der Waals surface area contributed by atoms with Crippen LogP contribution in [0, 0.1) is 11.8 Å². The largest absolute Gasteiger partial charge is 0.328 e. The third-order valence-corrected chi connectivity index (χ3v) is 6.26. The first-order chi connectivity index (χ1) is 7.99. The van der Waals surface area contributed by atoms with E-state index in [-0.39, 0.29) is 18.4 Å². The standard InChI is InChI=1S/C12H24N2O2S.ClH/c1-10(13)12-6-7-14(8-12)17(15,16)9-11-4-2-3-5-11;/h10-12H,2-9,13H2,1H3;1H. The summed E-state index contributed by atoms with van der Waals surface area (Å²) >= 11 is 0. The van der Waals surface area contributed by atoms with Crippen molar-refractivity contribution in [2.45, 2.75) is 45.1 Å². The number of halogens is 1. The molecule has 1 heterocycles. The van der Waals surface area contributed by atoms with Gasteiger partial charge in [0.25, 0.3) is 0 Å². The van der Waals surface area contributed by atoms with Crippen LogP contribution in [-0.2, 0) is 10.0 Å². The van der Waals surface area contributed by atoms with E-state index in [0.29, 0.717) is 30.7 Å². The van der Waals surface area contributed by atoms with Gasteiger partial charge in [0.05, 0.1) is 5.75 Å². The van der Waals surface area contributed by atoms with Gasteiger partial charge in [0.15, 0.2) is 0 Å². The van der Waals surface area contributed by atoms with Crippen molar-refractivity contribution >= 4 is 22.4 Å². The Morgan fingerprint density at radius 3 is 2.39 bits per heavy atom. The molecule has 0 spiro atoms. The van der Waals surface area contributed by atoms with Crippen LogP contribution < -0.4 is 5.73 Å².